The Bertz CT molecular complexity index is 561. The SMILES string of the molecule is O=C(O)Nc1ccc(C(=O)c2ccccc2)cc1. The van der Waals surface area contributed by atoms with Gasteiger partial charge in [-0.3, -0.25) is 10.1 Å². The molecule has 0 saturated carbocycles. The number of nitrogens with one attached hydrogen (secondary N) is 1. The van der Waals surface area contributed by atoms with Crippen LogP contribution < -0.4 is 5.32 Å². The van der Waals surface area contributed by atoms with Gasteiger partial charge in [0.05, 0.1) is 0 Å². The molecule has 18 heavy (non-hydrogen) atoms. The molecule has 0 aromatic heterocycles. The van der Waals surface area contributed by atoms with E-state index in [1.165, 1.54) is 0 Å². The summed E-state index contributed by atoms with van der Waals surface area (Å²) in [5.41, 5.74) is 1.57. The summed E-state index contributed by atoms with van der Waals surface area (Å²) in [6.07, 6.45) is -1.13. The summed E-state index contributed by atoms with van der Waals surface area (Å²) in [4.78, 5) is 22.5. The minimum Gasteiger partial charge on any atom is -0.465 e. The molecule has 2 rings (SSSR count). The highest BCUT2D eigenvalue weighted by atomic mass is 16.4. The van der Waals surface area contributed by atoms with Crippen LogP contribution in [0.2, 0.25) is 0 Å². The summed E-state index contributed by atoms with van der Waals surface area (Å²) in [7, 11) is 0. The maximum atomic E-state index is 12.0. The molecule has 0 bridgehead atoms. The van der Waals surface area contributed by atoms with Gasteiger partial charge in [0.2, 0.25) is 0 Å². The number of hydrogen-bond acceptors (Lipinski definition) is 2. The molecule has 4 heteroatoms. The fourth-order valence-electron chi connectivity index (χ4n) is 1.58. The number of rotatable bonds is 3. The van der Waals surface area contributed by atoms with Crippen molar-refractivity contribution in [3.05, 3.63) is 65.7 Å². The average Bonchev–Trinajstić information content (AvgIpc) is 2.39. The molecule has 2 N–H and O–H groups in total. The Morgan fingerprint density at radius 1 is 0.833 bits per heavy atom. The van der Waals surface area contributed by atoms with Crippen LogP contribution in [-0.4, -0.2) is 17.0 Å². The zero-order valence-corrected chi connectivity index (χ0v) is 9.46. The van der Waals surface area contributed by atoms with Crippen LogP contribution >= 0.6 is 0 Å². The third-order valence-corrected chi connectivity index (χ3v) is 2.43. The van der Waals surface area contributed by atoms with Crippen molar-refractivity contribution in [3.63, 3.8) is 0 Å². The lowest BCUT2D eigenvalue weighted by Crippen LogP contribution is -2.07. The van der Waals surface area contributed by atoms with E-state index in [1.54, 1.807) is 48.5 Å². The molecule has 0 heterocycles. The topological polar surface area (TPSA) is 66.4 Å². The van der Waals surface area contributed by atoms with Gasteiger partial charge in [-0.2, -0.15) is 0 Å². The van der Waals surface area contributed by atoms with E-state index in [0.717, 1.165) is 0 Å². The molecule has 2 aromatic rings. The van der Waals surface area contributed by atoms with E-state index < -0.39 is 6.09 Å². The van der Waals surface area contributed by atoms with Crippen LogP contribution in [0.1, 0.15) is 15.9 Å². The van der Waals surface area contributed by atoms with Gasteiger partial charge in [0.15, 0.2) is 5.78 Å². The van der Waals surface area contributed by atoms with Crippen LogP contribution in [0.5, 0.6) is 0 Å². The summed E-state index contributed by atoms with van der Waals surface area (Å²) < 4.78 is 0. The van der Waals surface area contributed by atoms with E-state index >= 15 is 0 Å². The number of carbonyl (C=O) groups excluding carboxylic acids is 1. The molecule has 0 radical (unpaired) electrons. The Kier molecular flexibility index (Phi) is 3.38. The van der Waals surface area contributed by atoms with Gasteiger partial charge in [0.1, 0.15) is 0 Å². The first-order valence-corrected chi connectivity index (χ1v) is 5.36. The van der Waals surface area contributed by atoms with E-state index in [9.17, 15) is 9.59 Å². The molecule has 90 valence electrons. The first-order valence-electron chi connectivity index (χ1n) is 5.36. The van der Waals surface area contributed by atoms with Crippen molar-refractivity contribution in [3.8, 4) is 0 Å². The van der Waals surface area contributed by atoms with Gasteiger partial charge in [-0.05, 0) is 24.3 Å². The summed E-state index contributed by atoms with van der Waals surface area (Å²) in [5.74, 6) is -0.0857. The van der Waals surface area contributed by atoms with Crippen LogP contribution in [0.4, 0.5) is 10.5 Å². The second-order valence-electron chi connectivity index (χ2n) is 3.70. The molecule has 0 aliphatic heterocycles. The standard InChI is InChI=1S/C14H11NO3/c16-13(10-4-2-1-3-5-10)11-6-8-12(9-7-11)15-14(17)18/h1-9,15H,(H,17,18). The summed E-state index contributed by atoms with van der Waals surface area (Å²) in [6, 6.07) is 15.2. The van der Waals surface area contributed by atoms with E-state index in [4.69, 9.17) is 5.11 Å². The minimum atomic E-state index is -1.13. The van der Waals surface area contributed by atoms with E-state index in [0.29, 0.717) is 16.8 Å². The quantitative estimate of drug-likeness (QED) is 0.812. The van der Waals surface area contributed by atoms with Crippen molar-refractivity contribution in [1.82, 2.24) is 0 Å². The van der Waals surface area contributed by atoms with Gasteiger partial charge in [-0.1, -0.05) is 30.3 Å². The highest BCUT2D eigenvalue weighted by molar-refractivity contribution is 6.09. The number of amides is 1. The van der Waals surface area contributed by atoms with Crippen LogP contribution in [0.3, 0.4) is 0 Å². The van der Waals surface area contributed by atoms with Gasteiger partial charge in [0, 0.05) is 16.8 Å². The molecule has 0 unspecified atom stereocenters. The van der Waals surface area contributed by atoms with Crippen molar-refractivity contribution >= 4 is 17.6 Å². The predicted octanol–water partition coefficient (Wildman–Crippen LogP) is 3.01. The molecule has 0 aliphatic carbocycles. The number of anilines is 1. The summed E-state index contributed by atoms with van der Waals surface area (Å²) in [6.45, 7) is 0. The monoisotopic (exact) mass is 241 g/mol. The molecule has 0 spiro atoms. The van der Waals surface area contributed by atoms with Crippen molar-refractivity contribution in [1.29, 1.82) is 0 Å². The third kappa shape index (κ3) is 2.74. The maximum Gasteiger partial charge on any atom is 0.409 e. The number of hydrogen-bond donors (Lipinski definition) is 2. The van der Waals surface area contributed by atoms with Crippen molar-refractivity contribution in [2.45, 2.75) is 0 Å². The Hall–Kier alpha value is -2.62. The third-order valence-electron chi connectivity index (χ3n) is 2.43. The zero-order valence-electron chi connectivity index (χ0n) is 9.46. The average molecular weight is 241 g/mol. The smallest absolute Gasteiger partial charge is 0.409 e. The van der Waals surface area contributed by atoms with Gasteiger partial charge in [0.25, 0.3) is 0 Å². The van der Waals surface area contributed by atoms with Crippen LogP contribution in [-0.2, 0) is 0 Å². The molecule has 4 nitrogen and oxygen atoms in total. The van der Waals surface area contributed by atoms with Crippen molar-refractivity contribution in [2.24, 2.45) is 0 Å². The Morgan fingerprint density at radius 2 is 1.39 bits per heavy atom. The first-order chi connectivity index (χ1) is 8.66. The maximum absolute atomic E-state index is 12.0. The highest BCUT2D eigenvalue weighted by Crippen LogP contribution is 2.13. The molecule has 0 aliphatic rings. The van der Waals surface area contributed by atoms with Crippen LogP contribution in [0.25, 0.3) is 0 Å². The van der Waals surface area contributed by atoms with E-state index in [-0.39, 0.29) is 5.78 Å². The van der Waals surface area contributed by atoms with E-state index in [1.807, 2.05) is 6.07 Å². The lowest BCUT2D eigenvalue weighted by atomic mass is 10.0. The van der Waals surface area contributed by atoms with Gasteiger partial charge in [-0.15, -0.1) is 0 Å². The Morgan fingerprint density at radius 3 is 1.94 bits per heavy atom. The largest absolute Gasteiger partial charge is 0.465 e. The molecule has 0 fully saturated rings. The van der Waals surface area contributed by atoms with Crippen LogP contribution in [0, 0.1) is 0 Å². The number of carbonyl (C=O) groups is 2. The van der Waals surface area contributed by atoms with Crippen molar-refractivity contribution in [2.75, 3.05) is 5.32 Å². The second-order valence-corrected chi connectivity index (χ2v) is 3.70. The normalized spacial score (nSPS) is 9.78. The number of benzene rings is 2. The fourth-order valence-corrected chi connectivity index (χ4v) is 1.58. The minimum absolute atomic E-state index is 0.0857. The highest BCUT2D eigenvalue weighted by Gasteiger charge is 2.08. The Labute approximate surface area is 104 Å². The molecule has 2 aromatic carbocycles. The van der Waals surface area contributed by atoms with Gasteiger partial charge < -0.3 is 5.11 Å². The van der Waals surface area contributed by atoms with E-state index in [2.05, 4.69) is 5.32 Å². The molecular weight excluding hydrogens is 230 g/mol. The number of ketones is 1. The number of carboxylic acid groups (broad SMARTS) is 1. The molecule has 0 atom stereocenters. The first kappa shape index (κ1) is 11.9. The Balaban J connectivity index is 2.20. The zero-order chi connectivity index (χ0) is 13.0. The molecular formula is C14H11NO3. The van der Waals surface area contributed by atoms with Gasteiger partial charge in [-0.25, -0.2) is 4.79 Å². The second kappa shape index (κ2) is 5.14. The van der Waals surface area contributed by atoms with Crippen LogP contribution in [0.15, 0.2) is 54.6 Å². The molecule has 0 saturated heterocycles. The summed E-state index contributed by atoms with van der Waals surface area (Å²) in [5, 5.41) is 10.8. The lowest BCUT2D eigenvalue weighted by molar-refractivity contribution is 0.103. The summed E-state index contributed by atoms with van der Waals surface area (Å²) >= 11 is 0. The predicted molar refractivity (Wildman–Crippen MR) is 68.0 cm³/mol. The van der Waals surface area contributed by atoms with Gasteiger partial charge >= 0.3 is 6.09 Å². The fraction of sp³-hybridized carbons (Fsp3) is 0. The molecule has 1 amide bonds. The van der Waals surface area contributed by atoms with Crippen molar-refractivity contribution < 1.29 is 14.7 Å². The lowest BCUT2D eigenvalue weighted by Gasteiger charge is -2.03.